The highest BCUT2D eigenvalue weighted by atomic mass is 19.3. The van der Waals surface area contributed by atoms with Gasteiger partial charge in [0.25, 0.3) is 5.91 Å². The maximum atomic E-state index is 13.4. The van der Waals surface area contributed by atoms with Crippen LogP contribution in [0.2, 0.25) is 0 Å². The van der Waals surface area contributed by atoms with Crippen LogP contribution in [0, 0.1) is 5.92 Å². The van der Waals surface area contributed by atoms with Crippen molar-refractivity contribution in [3.8, 4) is 5.75 Å². The number of nitrogens with one attached hydrogen (secondary N) is 1. The number of aliphatic imine (C=N–C) groups is 1. The minimum atomic E-state index is -3.45. The smallest absolute Gasteiger partial charge is 0.321 e. The molecule has 2 heterocycles. The van der Waals surface area contributed by atoms with Gasteiger partial charge in [0.15, 0.2) is 0 Å². The molecule has 0 unspecified atom stereocenters. The topological polar surface area (TPSA) is 71.8 Å². The molecule has 33 heavy (non-hydrogen) atoms. The maximum absolute atomic E-state index is 13.4. The summed E-state index contributed by atoms with van der Waals surface area (Å²) in [5.74, 6) is -3.53. The Kier molecular flexibility index (Phi) is 7.00. The monoisotopic (exact) mass is 457 g/mol. The summed E-state index contributed by atoms with van der Waals surface area (Å²) < 4.78 is 34.6. The van der Waals surface area contributed by atoms with E-state index in [1.165, 1.54) is 0 Å². The van der Waals surface area contributed by atoms with E-state index in [1.54, 1.807) is 36.3 Å². The van der Waals surface area contributed by atoms with Crippen LogP contribution >= 0.6 is 0 Å². The van der Waals surface area contributed by atoms with Gasteiger partial charge in [-0.25, -0.2) is 4.68 Å². The molecule has 1 aliphatic heterocycles. The molecule has 3 rings (SSSR count). The first kappa shape index (κ1) is 24.2. The number of carbonyl (C=O) groups excluding carboxylic acids is 1. The van der Waals surface area contributed by atoms with Crippen LogP contribution < -0.4 is 10.1 Å². The van der Waals surface area contributed by atoms with Crippen molar-refractivity contribution in [2.24, 2.45) is 10.9 Å². The van der Waals surface area contributed by atoms with Gasteiger partial charge in [0, 0.05) is 24.7 Å². The van der Waals surface area contributed by atoms with E-state index >= 15 is 0 Å². The predicted octanol–water partition coefficient (Wildman–Crippen LogP) is 4.79. The van der Waals surface area contributed by atoms with E-state index < -0.39 is 24.0 Å². The lowest BCUT2D eigenvalue weighted by molar-refractivity contribution is -0.144. The first-order chi connectivity index (χ1) is 15.5. The molecule has 2 aromatic rings. The average molecular weight is 458 g/mol. The SMILES string of the molecule is C=C1C=NC=CN1/C(=C\C)n1ncc2cc(O[C@H](C)[C@@H](NC(=O)C(C)(F)F)C(C)C)ccc21. The summed E-state index contributed by atoms with van der Waals surface area (Å²) in [4.78, 5) is 17.8. The predicted molar refractivity (Wildman–Crippen MR) is 126 cm³/mol. The molecule has 1 N–H and O–H groups in total. The highest BCUT2D eigenvalue weighted by Gasteiger charge is 2.36. The van der Waals surface area contributed by atoms with Gasteiger partial charge in [0.1, 0.15) is 17.7 Å². The van der Waals surface area contributed by atoms with Crippen LogP contribution in [0.1, 0.15) is 34.6 Å². The molecule has 1 aliphatic rings. The number of benzene rings is 1. The Morgan fingerprint density at radius 3 is 2.64 bits per heavy atom. The number of rotatable bonds is 8. The number of nitrogens with zero attached hydrogens (tertiary/aromatic N) is 4. The highest BCUT2D eigenvalue weighted by Crippen LogP contribution is 2.27. The molecule has 1 aromatic heterocycles. The molecule has 0 spiro atoms. The van der Waals surface area contributed by atoms with Crippen LogP contribution in [0.25, 0.3) is 16.7 Å². The molecule has 1 aromatic carbocycles. The third kappa shape index (κ3) is 5.30. The second-order valence-corrected chi connectivity index (χ2v) is 8.32. The van der Waals surface area contributed by atoms with Crippen LogP contribution in [0.15, 0.2) is 60.1 Å². The van der Waals surface area contributed by atoms with Gasteiger partial charge in [-0.3, -0.25) is 14.7 Å². The van der Waals surface area contributed by atoms with E-state index in [0.29, 0.717) is 18.4 Å². The number of fused-ring (bicyclic) bond motifs is 1. The number of hydrogen-bond acceptors (Lipinski definition) is 5. The minimum absolute atomic E-state index is 0.107. The normalized spacial score (nSPS) is 16.4. The summed E-state index contributed by atoms with van der Waals surface area (Å²) in [7, 11) is 0. The van der Waals surface area contributed by atoms with Gasteiger partial charge >= 0.3 is 5.92 Å². The highest BCUT2D eigenvalue weighted by molar-refractivity contribution is 5.85. The second-order valence-electron chi connectivity index (χ2n) is 8.32. The second kappa shape index (κ2) is 9.56. The maximum Gasteiger partial charge on any atom is 0.321 e. The van der Waals surface area contributed by atoms with Crippen molar-refractivity contribution >= 4 is 28.8 Å². The summed E-state index contributed by atoms with van der Waals surface area (Å²) in [5.41, 5.74) is 1.56. The third-order valence-corrected chi connectivity index (χ3v) is 5.34. The Morgan fingerprint density at radius 2 is 2.03 bits per heavy atom. The zero-order valence-corrected chi connectivity index (χ0v) is 19.4. The molecule has 0 radical (unpaired) electrons. The van der Waals surface area contributed by atoms with Crippen LogP contribution in [0.3, 0.4) is 0 Å². The molecular weight excluding hydrogens is 428 g/mol. The van der Waals surface area contributed by atoms with Crippen LogP contribution in [0.5, 0.6) is 5.75 Å². The van der Waals surface area contributed by atoms with Crippen molar-refractivity contribution in [2.75, 3.05) is 0 Å². The number of alkyl halides is 2. The first-order valence-corrected chi connectivity index (χ1v) is 10.7. The van der Waals surface area contributed by atoms with E-state index in [0.717, 1.165) is 16.7 Å². The Morgan fingerprint density at radius 1 is 1.30 bits per heavy atom. The van der Waals surface area contributed by atoms with Gasteiger partial charge in [0.2, 0.25) is 0 Å². The van der Waals surface area contributed by atoms with Crippen molar-refractivity contribution in [3.05, 3.63) is 55.1 Å². The number of ether oxygens (including phenoxy) is 1. The van der Waals surface area contributed by atoms with E-state index in [1.807, 2.05) is 50.1 Å². The molecular formula is C24H29F2N5O2. The molecule has 0 fully saturated rings. The molecule has 0 bridgehead atoms. The molecule has 2 atom stereocenters. The minimum Gasteiger partial charge on any atom is -0.489 e. The molecule has 0 aliphatic carbocycles. The number of amides is 1. The Labute approximate surface area is 192 Å². The molecule has 1 amide bonds. The van der Waals surface area contributed by atoms with Crippen molar-refractivity contribution < 1.29 is 18.3 Å². The summed E-state index contributed by atoms with van der Waals surface area (Å²) >= 11 is 0. The van der Waals surface area contributed by atoms with E-state index in [2.05, 4.69) is 22.0 Å². The van der Waals surface area contributed by atoms with Crippen molar-refractivity contribution in [1.29, 1.82) is 0 Å². The molecule has 9 heteroatoms. The third-order valence-electron chi connectivity index (χ3n) is 5.34. The fourth-order valence-electron chi connectivity index (χ4n) is 3.64. The fraction of sp³-hybridized carbons (Fsp3) is 0.375. The van der Waals surface area contributed by atoms with Crippen molar-refractivity contribution in [3.63, 3.8) is 0 Å². The van der Waals surface area contributed by atoms with E-state index in [4.69, 9.17) is 4.74 Å². The number of allylic oxidation sites excluding steroid dienone is 2. The van der Waals surface area contributed by atoms with Crippen LogP contribution in [-0.2, 0) is 4.79 Å². The molecule has 0 saturated heterocycles. The molecule has 0 saturated carbocycles. The van der Waals surface area contributed by atoms with Crippen LogP contribution in [-0.4, -0.2) is 44.9 Å². The number of hydrogen-bond donors (Lipinski definition) is 1. The van der Waals surface area contributed by atoms with Gasteiger partial charge in [-0.05, 0) is 44.0 Å². The number of halogens is 2. The fourth-order valence-corrected chi connectivity index (χ4v) is 3.64. The quantitative estimate of drug-likeness (QED) is 0.619. The van der Waals surface area contributed by atoms with E-state index in [-0.39, 0.29) is 5.92 Å². The van der Waals surface area contributed by atoms with Gasteiger partial charge in [0.05, 0.1) is 29.7 Å². The van der Waals surface area contributed by atoms with Gasteiger partial charge in [-0.1, -0.05) is 20.4 Å². The largest absolute Gasteiger partial charge is 0.489 e. The summed E-state index contributed by atoms with van der Waals surface area (Å²) in [6.45, 7) is 11.9. The molecule has 176 valence electrons. The standard InChI is InChI=1S/C24H29F2N5O2/c1-7-21(30-11-10-27-13-16(30)4)31-20-9-8-19(12-18(20)14-28-31)33-17(5)22(15(2)3)29-23(32)24(6,25)26/h7-15,17,22H,4H2,1-3,5-6H3,(H,29,32)/b21-7+/t17-,22+/m1/s1. The van der Waals surface area contributed by atoms with Crippen LogP contribution in [0.4, 0.5) is 8.78 Å². The average Bonchev–Trinajstić information content (AvgIpc) is 3.15. The van der Waals surface area contributed by atoms with Crippen molar-refractivity contribution in [2.45, 2.75) is 52.7 Å². The lowest BCUT2D eigenvalue weighted by Crippen LogP contribution is -2.52. The number of aromatic nitrogens is 2. The Bertz CT molecular complexity index is 1130. The van der Waals surface area contributed by atoms with E-state index in [9.17, 15) is 13.6 Å². The van der Waals surface area contributed by atoms with Crippen molar-refractivity contribution in [1.82, 2.24) is 20.0 Å². The number of carbonyl (C=O) groups is 1. The first-order valence-electron chi connectivity index (χ1n) is 10.7. The lowest BCUT2D eigenvalue weighted by Gasteiger charge is -2.30. The summed E-state index contributed by atoms with van der Waals surface area (Å²) in [6.07, 6.45) is 8.27. The zero-order valence-electron chi connectivity index (χ0n) is 19.4. The lowest BCUT2D eigenvalue weighted by atomic mass is 9.99. The van der Waals surface area contributed by atoms with Gasteiger partial charge in [-0.2, -0.15) is 13.9 Å². The zero-order chi connectivity index (χ0) is 24.3. The summed E-state index contributed by atoms with van der Waals surface area (Å²) in [5, 5.41) is 7.77. The summed E-state index contributed by atoms with van der Waals surface area (Å²) in [6, 6.07) is 4.91. The Hall–Kier alpha value is -3.49. The Balaban J connectivity index is 1.82. The van der Waals surface area contributed by atoms with Gasteiger partial charge in [-0.15, -0.1) is 0 Å². The van der Waals surface area contributed by atoms with Gasteiger partial charge < -0.3 is 10.1 Å². The molecule has 7 nitrogen and oxygen atoms in total.